The molecular weight excluding hydrogens is 688 g/mol. The lowest BCUT2D eigenvalue weighted by Gasteiger charge is -2.29. The normalized spacial score (nSPS) is 11.2. The summed E-state index contributed by atoms with van der Waals surface area (Å²) >= 11 is 0. The summed E-state index contributed by atoms with van der Waals surface area (Å²) in [5.74, 6) is 1.90. The van der Waals surface area contributed by atoms with E-state index in [2.05, 4.69) is 52.7 Å². The summed E-state index contributed by atoms with van der Waals surface area (Å²) in [6, 6.07) is 7.76. The molecule has 0 radical (unpaired) electrons. The zero-order valence-corrected chi connectivity index (χ0v) is 31.9. The molecule has 0 fully saturated rings. The molecule has 0 bridgehead atoms. The van der Waals surface area contributed by atoms with Gasteiger partial charge < -0.3 is 63.0 Å². The van der Waals surface area contributed by atoms with E-state index in [1.54, 1.807) is 0 Å². The number of quaternary nitrogens is 2. The van der Waals surface area contributed by atoms with Gasteiger partial charge in [-0.3, -0.25) is 9.59 Å². The molecule has 0 saturated carbocycles. The predicted octanol–water partition coefficient (Wildman–Crippen LogP) is -0.442. The second-order valence-corrected chi connectivity index (χ2v) is 13.0. The van der Waals surface area contributed by atoms with Gasteiger partial charge >= 0.3 is 0 Å². The van der Waals surface area contributed by atoms with Crippen LogP contribution >= 0.6 is 0 Å². The standard InChI is InChI=1S/C34H62N4O4.2BrH/c1-7-9-11-13-15-23-35-33(39)29-37(3,4)25-17-27-41-31-19-21-32(22-20-31)42-28-18-26-38(5,6)30-34(40)36-24-16-14-12-10-8-2;;/h19-22H,7-18,23-30H2,1-6H3;2*1H. The van der Waals surface area contributed by atoms with Crippen LogP contribution in [0.1, 0.15) is 90.9 Å². The van der Waals surface area contributed by atoms with E-state index in [1.165, 1.54) is 51.4 Å². The van der Waals surface area contributed by atoms with Crippen molar-refractivity contribution in [3.8, 4) is 11.5 Å². The lowest BCUT2D eigenvalue weighted by atomic mass is 10.1. The third kappa shape index (κ3) is 24.9. The van der Waals surface area contributed by atoms with Gasteiger partial charge in [-0.1, -0.05) is 65.2 Å². The molecule has 1 aromatic rings. The van der Waals surface area contributed by atoms with Crippen molar-refractivity contribution < 1.29 is 62.0 Å². The average Bonchev–Trinajstić information content (AvgIpc) is 2.93. The minimum Gasteiger partial charge on any atom is -1.00 e. The number of hydrogen-bond acceptors (Lipinski definition) is 4. The lowest BCUT2D eigenvalue weighted by Crippen LogP contribution is -3.00. The first-order valence-electron chi connectivity index (χ1n) is 16.6. The Balaban J connectivity index is 0. The van der Waals surface area contributed by atoms with Gasteiger partial charge in [-0.15, -0.1) is 0 Å². The van der Waals surface area contributed by atoms with Gasteiger partial charge in [-0.05, 0) is 37.1 Å². The van der Waals surface area contributed by atoms with Crippen molar-refractivity contribution in [3.63, 3.8) is 0 Å². The first-order chi connectivity index (χ1) is 20.1. The molecule has 0 atom stereocenters. The Morgan fingerprint density at radius 2 is 0.909 bits per heavy atom. The van der Waals surface area contributed by atoms with E-state index < -0.39 is 0 Å². The van der Waals surface area contributed by atoms with Crippen LogP contribution in [0, 0.1) is 0 Å². The number of amides is 2. The van der Waals surface area contributed by atoms with Crippen molar-refractivity contribution in [1.29, 1.82) is 0 Å². The van der Waals surface area contributed by atoms with E-state index >= 15 is 0 Å². The molecule has 2 N–H and O–H groups in total. The first-order valence-corrected chi connectivity index (χ1v) is 16.6. The maximum atomic E-state index is 12.3. The Kier molecular flexibility index (Phi) is 27.3. The van der Waals surface area contributed by atoms with E-state index in [4.69, 9.17) is 9.47 Å². The lowest BCUT2D eigenvalue weighted by molar-refractivity contribution is -0.882. The quantitative estimate of drug-likeness (QED) is 0.0996. The van der Waals surface area contributed by atoms with Crippen molar-refractivity contribution in [3.05, 3.63) is 24.3 Å². The SMILES string of the molecule is CCCCCCCNC(=O)C[N+](C)(C)CCCOc1ccc(OCCC[N+](C)(C)CC(=O)NCCCCCCC)cc1.[Br-].[Br-]. The Morgan fingerprint density at radius 3 is 1.25 bits per heavy atom. The van der Waals surface area contributed by atoms with Gasteiger partial charge in [0.25, 0.3) is 11.8 Å². The largest absolute Gasteiger partial charge is 1.00 e. The fraction of sp³-hybridized carbons (Fsp3) is 0.765. The summed E-state index contributed by atoms with van der Waals surface area (Å²) in [5.41, 5.74) is 0. The van der Waals surface area contributed by atoms with Gasteiger partial charge in [0.15, 0.2) is 13.1 Å². The summed E-state index contributed by atoms with van der Waals surface area (Å²) in [7, 11) is 8.38. The van der Waals surface area contributed by atoms with Gasteiger partial charge in [-0.2, -0.15) is 0 Å². The molecule has 0 heterocycles. The smallest absolute Gasteiger partial charge is 0.275 e. The minimum absolute atomic E-state index is 0. The maximum Gasteiger partial charge on any atom is 0.275 e. The van der Waals surface area contributed by atoms with Crippen LogP contribution in [0.3, 0.4) is 0 Å². The molecule has 1 aromatic carbocycles. The van der Waals surface area contributed by atoms with Crippen LogP contribution in [-0.4, -0.2) is 101 Å². The number of halogens is 2. The summed E-state index contributed by atoms with van der Waals surface area (Å²) in [4.78, 5) is 24.6. The molecule has 0 saturated heterocycles. The molecule has 2 amide bonds. The topological polar surface area (TPSA) is 76.7 Å². The molecule has 0 aliphatic carbocycles. The Bertz CT molecular complexity index is 785. The number of carbonyl (C=O) groups is 2. The Labute approximate surface area is 290 Å². The number of unbranched alkanes of at least 4 members (excludes halogenated alkanes) is 8. The zero-order valence-electron chi connectivity index (χ0n) is 28.7. The highest BCUT2D eigenvalue weighted by molar-refractivity contribution is 5.77. The maximum absolute atomic E-state index is 12.3. The molecule has 0 aromatic heterocycles. The van der Waals surface area contributed by atoms with Crippen molar-refractivity contribution in [2.24, 2.45) is 0 Å². The van der Waals surface area contributed by atoms with Gasteiger partial charge in [0, 0.05) is 25.9 Å². The molecule has 0 unspecified atom stereocenters. The summed E-state index contributed by atoms with van der Waals surface area (Å²) in [6.45, 7) is 9.94. The van der Waals surface area contributed by atoms with Crippen molar-refractivity contribution in [2.75, 3.05) is 80.7 Å². The number of nitrogens with one attached hydrogen (secondary N) is 2. The number of rotatable bonds is 26. The second kappa shape index (κ2) is 26.8. The van der Waals surface area contributed by atoms with Gasteiger partial charge in [0.2, 0.25) is 0 Å². The van der Waals surface area contributed by atoms with E-state index in [1.807, 2.05) is 24.3 Å². The van der Waals surface area contributed by atoms with Gasteiger partial charge in [0.1, 0.15) is 11.5 Å². The third-order valence-electron chi connectivity index (χ3n) is 7.53. The molecule has 10 heteroatoms. The highest BCUT2D eigenvalue weighted by atomic mass is 79.9. The van der Waals surface area contributed by atoms with Gasteiger partial charge in [-0.25, -0.2) is 0 Å². The number of carbonyl (C=O) groups excluding carboxylic acids is 2. The number of likely N-dealkylation sites (N-methyl/N-ethyl adjacent to an activating group) is 2. The predicted molar refractivity (Wildman–Crippen MR) is 174 cm³/mol. The molecule has 0 spiro atoms. The summed E-state index contributed by atoms with van der Waals surface area (Å²) < 4.78 is 13.2. The molecule has 0 aliphatic heterocycles. The number of nitrogens with zero attached hydrogens (tertiary/aromatic N) is 2. The molecule has 1 rings (SSSR count). The number of ether oxygens (including phenoxy) is 2. The Morgan fingerprint density at radius 1 is 0.568 bits per heavy atom. The van der Waals surface area contributed by atoms with Gasteiger partial charge in [0.05, 0.1) is 54.5 Å². The zero-order chi connectivity index (χ0) is 31.1. The van der Waals surface area contributed by atoms with Crippen LogP contribution in [-0.2, 0) is 9.59 Å². The van der Waals surface area contributed by atoms with Crippen LogP contribution in [0.15, 0.2) is 24.3 Å². The van der Waals surface area contributed by atoms with Crippen molar-refractivity contribution >= 4 is 11.8 Å². The summed E-state index contributed by atoms with van der Waals surface area (Å²) in [6.07, 6.45) is 13.8. The fourth-order valence-corrected chi connectivity index (χ4v) is 4.96. The van der Waals surface area contributed by atoms with E-state index in [9.17, 15) is 9.59 Å². The monoisotopic (exact) mass is 750 g/mol. The highest BCUT2D eigenvalue weighted by Gasteiger charge is 2.20. The molecule has 258 valence electrons. The molecule has 44 heavy (non-hydrogen) atoms. The second-order valence-electron chi connectivity index (χ2n) is 13.0. The number of benzene rings is 1. The van der Waals surface area contributed by atoms with E-state index in [0.29, 0.717) is 35.3 Å². The Hall–Kier alpha value is -1.36. The molecule has 8 nitrogen and oxygen atoms in total. The van der Waals surface area contributed by atoms with Crippen molar-refractivity contribution in [1.82, 2.24) is 10.6 Å². The molecular formula is C34H64Br2N4O4. The van der Waals surface area contributed by atoms with Crippen LogP contribution in [0.4, 0.5) is 0 Å². The third-order valence-corrected chi connectivity index (χ3v) is 7.53. The van der Waals surface area contributed by atoms with Crippen molar-refractivity contribution in [2.45, 2.75) is 90.9 Å². The summed E-state index contributed by atoms with van der Waals surface area (Å²) in [5, 5.41) is 6.14. The van der Waals surface area contributed by atoms with Crippen LogP contribution < -0.4 is 54.1 Å². The highest BCUT2D eigenvalue weighted by Crippen LogP contribution is 2.18. The van der Waals surface area contributed by atoms with Crippen LogP contribution in [0.2, 0.25) is 0 Å². The van der Waals surface area contributed by atoms with E-state index in [0.717, 1.165) is 63.4 Å². The fourth-order valence-electron chi connectivity index (χ4n) is 4.96. The minimum atomic E-state index is 0. The van der Waals surface area contributed by atoms with E-state index in [-0.39, 0.29) is 45.8 Å². The van der Waals surface area contributed by atoms with Crippen LogP contribution in [0.25, 0.3) is 0 Å². The molecule has 0 aliphatic rings. The number of hydrogen-bond donors (Lipinski definition) is 2. The first kappa shape index (κ1) is 44.8. The average molecular weight is 753 g/mol. The van der Waals surface area contributed by atoms with Crippen LogP contribution in [0.5, 0.6) is 11.5 Å².